The van der Waals surface area contributed by atoms with Crippen LogP contribution in [0.1, 0.15) is 71.6 Å². The van der Waals surface area contributed by atoms with E-state index in [0.29, 0.717) is 5.56 Å². The first-order valence-electron chi connectivity index (χ1n) is 11.1. The minimum atomic E-state index is 0.642. The summed E-state index contributed by atoms with van der Waals surface area (Å²) in [5, 5.41) is 8.88. The first-order valence-corrected chi connectivity index (χ1v) is 11.1. The summed E-state index contributed by atoms with van der Waals surface area (Å²) >= 11 is 0. The fourth-order valence-corrected chi connectivity index (χ4v) is 3.20. The van der Waals surface area contributed by atoms with E-state index in [1.54, 1.807) is 12.1 Å². The molecule has 0 aliphatic rings. The van der Waals surface area contributed by atoms with Crippen LogP contribution in [0.3, 0.4) is 0 Å². The van der Waals surface area contributed by atoms with E-state index in [0.717, 1.165) is 34.2 Å². The summed E-state index contributed by atoms with van der Waals surface area (Å²) in [7, 11) is 0. The molecule has 0 fully saturated rings. The summed E-state index contributed by atoms with van der Waals surface area (Å²) in [5.41, 5.74) is 6.82. The number of hydrogen-bond donors (Lipinski definition) is 0. The van der Waals surface area contributed by atoms with Crippen LogP contribution in [-0.2, 0) is 0 Å². The molecule has 156 valence electrons. The van der Waals surface area contributed by atoms with Gasteiger partial charge < -0.3 is 0 Å². The third kappa shape index (κ3) is 7.06. The van der Waals surface area contributed by atoms with Crippen LogP contribution in [0.15, 0.2) is 72.8 Å². The number of benzene rings is 3. The van der Waals surface area contributed by atoms with Gasteiger partial charge >= 0.3 is 0 Å². The topological polar surface area (TPSA) is 23.8 Å². The van der Waals surface area contributed by atoms with Crippen LogP contribution in [0.2, 0.25) is 0 Å². The van der Waals surface area contributed by atoms with Gasteiger partial charge in [-0.3, -0.25) is 0 Å². The van der Waals surface area contributed by atoms with Crippen molar-refractivity contribution in [1.82, 2.24) is 0 Å². The third-order valence-corrected chi connectivity index (χ3v) is 5.13. The Kier molecular flexibility index (Phi) is 8.51. The minimum absolute atomic E-state index is 0.642. The van der Waals surface area contributed by atoms with Crippen LogP contribution in [-0.4, -0.2) is 0 Å². The van der Waals surface area contributed by atoms with E-state index in [-0.39, 0.29) is 0 Å². The van der Waals surface area contributed by atoms with Crippen LogP contribution in [0, 0.1) is 41.9 Å². The molecule has 32 heavy (non-hydrogen) atoms. The van der Waals surface area contributed by atoms with E-state index in [1.165, 1.54) is 24.8 Å². The van der Waals surface area contributed by atoms with Crippen LogP contribution in [0.25, 0.3) is 6.08 Å². The molecule has 3 aromatic rings. The van der Waals surface area contributed by atoms with Crippen LogP contribution >= 0.6 is 0 Å². The molecule has 0 N–H and O–H groups in total. The number of aryl methyl sites for hydroxylation is 1. The molecule has 0 aromatic heterocycles. The molecular weight excluding hydrogens is 386 g/mol. The van der Waals surface area contributed by atoms with Gasteiger partial charge in [-0.25, -0.2) is 0 Å². The molecule has 0 spiro atoms. The van der Waals surface area contributed by atoms with E-state index < -0.39 is 0 Å². The summed E-state index contributed by atoms with van der Waals surface area (Å²) in [6.07, 6.45) is 9.40. The van der Waals surface area contributed by atoms with Gasteiger partial charge in [0.05, 0.1) is 11.6 Å². The maximum absolute atomic E-state index is 8.88. The van der Waals surface area contributed by atoms with Gasteiger partial charge in [-0.15, -0.1) is 0 Å². The third-order valence-electron chi connectivity index (χ3n) is 5.13. The van der Waals surface area contributed by atoms with Crippen LogP contribution in [0.4, 0.5) is 0 Å². The number of allylic oxidation sites excluding steroid dienone is 1. The fraction of sp³-hybridized carbons (Fsp3) is 0.194. The van der Waals surface area contributed by atoms with Gasteiger partial charge in [0.25, 0.3) is 0 Å². The molecular formula is C31H27N. The molecule has 0 aliphatic heterocycles. The smallest absolute Gasteiger partial charge is 0.0991 e. The molecule has 0 aliphatic carbocycles. The van der Waals surface area contributed by atoms with Crippen LogP contribution in [0.5, 0.6) is 0 Å². The Labute approximate surface area is 192 Å². The van der Waals surface area contributed by atoms with E-state index in [1.807, 2.05) is 24.3 Å². The van der Waals surface area contributed by atoms with Crippen molar-refractivity contribution >= 4 is 6.08 Å². The molecule has 1 nitrogen and oxygen atoms in total. The first kappa shape index (κ1) is 22.7. The highest BCUT2D eigenvalue weighted by Crippen LogP contribution is 2.11. The quantitative estimate of drug-likeness (QED) is 0.319. The number of nitrogens with zero attached hydrogens (tertiary/aromatic N) is 1. The summed E-state index contributed by atoms with van der Waals surface area (Å²) in [6.45, 7) is 4.28. The molecule has 0 bridgehead atoms. The molecule has 0 saturated heterocycles. The second-order valence-electron chi connectivity index (χ2n) is 7.74. The maximum Gasteiger partial charge on any atom is 0.0991 e. The van der Waals surface area contributed by atoms with Gasteiger partial charge in [0.15, 0.2) is 0 Å². The standard InChI is InChI=1S/C31H27N/c1-3-4-5-6-7-8-26-9-11-27(12-10-26)13-16-29-20-22-31(25(2)23-29)21-19-28-14-17-30(24-32)18-15-28/h7-12,14-15,17-18,20,22-23H,3-6H2,1-2H3/b8-7+. The molecule has 0 amide bonds. The molecule has 1 heteroatoms. The van der Waals surface area contributed by atoms with Crippen LogP contribution < -0.4 is 0 Å². The molecule has 0 radical (unpaired) electrons. The number of rotatable bonds is 5. The number of nitriles is 1. The van der Waals surface area contributed by atoms with Crippen molar-refractivity contribution in [2.75, 3.05) is 0 Å². The average Bonchev–Trinajstić information content (AvgIpc) is 2.83. The second kappa shape index (κ2) is 12.0. The normalized spacial score (nSPS) is 10.0. The monoisotopic (exact) mass is 413 g/mol. The van der Waals surface area contributed by atoms with Gasteiger partial charge in [0.2, 0.25) is 0 Å². The summed E-state index contributed by atoms with van der Waals surface area (Å²) in [4.78, 5) is 0. The van der Waals surface area contributed by atoms with Crippen molar-refractivity contribution in [3.05, 3.63) is 112 Å². The summed E-state index contributed by atoms with van der Waals surface area (Å²) < 4.78 is 0. The van der Waals surface area contributed by atoms with E-state index in [2.05, 4.69) is 86.1 Å². The molecule has 0 heterocycles. The zero-order chi connectivity index (χ0) is 22.6. The highest BCUT2D eigenvalue weighted by atomic mass is 14.2. The van der Waals surface area contributed by atoms with Gasteiger partial charge in [0, 0.05) is 22.3 Å². The second-order valence-corrected chi connectivity index (χ2v) is 7.74. The zero-order valence-electron chi connectivity index (χ0n) is 18.8. The fourth-order valence-electron chi connectivity index (χ4n) is 3.20. The summed E-state index contributed by atoms with van der Waals surface area (Å²) in [5.74, 6) is 12.9. The molecule has 0 saturated carbocycles. The molecule has 0 atom stereocenters. The maximum atomic E-state index is 8.88. The van der Waals surface area contributed by atoms with Gasteiger partial charge in [-0.1, -0.05) is 67.7 Å². The van der Waals surface area contributed by atoms with E-state index in [9.17, 15) is 0 Å². The highest BCUT2D eigenvalue weighted by Gasteiger charge is 1.97. The molecule has 3 rings (SSSR count). The lowest BCUT2D eigenvalue weighted by molar-refractivity contribution is 0.730. The Morgan fingerprint density at radius 1 is 0.719 bits per heavy atom. The Hall–Kier alpha value is -3.99. The molecule has 3 aromatic carbocycles. The van der Waals surface area contributed by atoms with E-state index >= 15 is 0 Å². The van der Waals surface area contributed by atoms with Crippen molar-refractivity contribution in [2.45, 2.75) is 39.5 Å². The Bertz CT molecular complexity index is 1230. The first-order chi connectivity index (χ1) is 15.7. The van der Waals surface area contributed by atoms with Gasteiger partial charge in [0.1, 0.15) is 0 Å². The average molecular weight is 414 g/mol. The largest absolute Gasteiger partial charge is 0.192 e. The lowest BCUT2D eigenvalue weighted by atomic mass is 10.0. The zero-order valence-corrected chi connectivity index (χ0v) is 18.8. The predicted molar refractivity (Wildman–Crippen MR) is 134 cm³/mol. The minimum Gasteiger partial charge on any atom is -0.192 e. The SMILES string of the molecule is CCCCC/C=C/c1ccc(C#Cc2ccc(C#Cc3ccc(C#N)cc3)c(C)c2)cc1. The predicted octanol–water partition coefficient (Wildman–Crippen LogP) is 7.26. The van der Waals surface area contributed by atoms with E-state index in [4.69, 9.17) is 5.26 Å². The number of hydrogen-bond acceptors (Lipinski definition) is 1. The molecule has 0 unspecified atom stereocenters. The number of unbranched alkanes of at least 4 members (excludes halogenated alkanes) is 3. The Morgan fingerprint density at radius 3 is 1.97 bits per heavy atom. The lowest BCUT2D eigenvalue weighted by Crippen LogP contribution is -1.85. The van der Waals surface area contributed by atoms with Gasteiger partial charge in [-0.2, -0.15) is 5.26 Å². The highest BCUT2D eigenvalue weighted by molar-refractivity contribution is 5.54. The van der Waals surface area contributed by atoms with Crippen molar-refractivity contribution in [2.24, 2.45) is 0 Å². The van der Waals surface area contributed by atoms with Crippen molar-refractivity contribution in [1.29, 1.82) is 5.26 Å². The Balaban J connectivity index is 1.64. The van der Waals surface area contributed by atoms with Crippen molar-refractivity contribution < 1.29 is 0 Å². The lowest BCUT2D eigenvalue weighted by Gasteiger charge is -1.99. The van der Waals surface area contributed by atoms with Crippen molar-refractivity contribution in [3.8, 4) is 29.8 Å². The Morgan fingerprint density at radius 2 is 1.31 bits per heavy atom. The van der Waals surface area contributed by atoms with Gasteiger partial charge in [-0.05, 0) is 85.5 Å². The van der Waals surface area contributed by atoms with Crippen molar-refractivity contribution in [3.63, 3.8) is 0 Å². The summed E-state index contributed by atoms with van der Waals surface area (Å²) in [6, 6.07) is 23.9.